The zero-order valence-corrected chi connectivity index (χ0v) is 11.4. The smallest absolute Gasteiger partial charge is 0.0873 e. The number of para-hydroxylation sites is 1. The third-order valence-corrected chi connectivity index (χ3v) is 5.14. The maximum Gasteiger partial charge on any atom is 0.0873 e. The molecule has 1 aromatic carbocycles. The Bertz CT molecular complexity index is 463. The highest BCUT2D eigenvalue weighted by Crippen LogP contribution is 2.41. The molecule has 1 aliphatic rings. The highest BCUT2D eigenvalue weighted by atomic mass is 32.2. The Kier molecular flexibility index (Phi) is 4.52. The van der Waals surface area contributed by atoms with Crippen LogP contribution in [0.25, 0.3) is 0 Å². The maximum absolute atomic E-state index is 8.57. The van der Waals surface area contributed by atoms with Gasteiger partial charge in [0.1, 0.15) is 0 Å². The van der Waals surface area contributed by atoms with Crippen molar-refractivity contribution in [3.8, 4) is 6.07 Å². The largest absolute Gasteiger partial charge is 0.244 e. The minimum Gasteiger partial charge on any atom is -0.244 e. The van der Waals surface area contributed by atoms with Gasteiger partial charge in [-0.05, 0) is 18.6 Å². The molecule has 2 rings (SSSR count). The lowest BCUT2D eigenvalue weighted by Crippen LogP contribution is -2.16. The minimum absolute atomic E-state index is 0.452. The summed E-state index contributed by atoms with van der Waals surface area (Å²) in [6, 6.07) is 10.4. The Balaban J connectivity index is 2.17. The average Bonchev–Trinajstić information content (AvgIpc) is 2.38. The quantitative estimate of drug-likeness (QED) is 0.764. The summed E-state index contributed by atoms with van der Waals surface area (Å²) in [5.74, 6) is 0.842. The first kappa shape index (κ1) is 12.5. The van der Waals surface area contributed by atoms with Crippen molar-refractivity contribution >= 4 is 34.3 Å². The Labute approximate surface area is 111 Å². The van der Waals surface area contributed by atoms with Crippen LogP contribution in [0, 0.1) is 11.3 Å². The Morgan fingerprint density at radius 1 is 1.47 bits per heavy atom. The van der Waals surface area contributed by atoms with Crippen molar-refractivity contribution in [2.45, 2.75) is 29.9 Å². The van der Waals surface area contributed by atoms with E-state index in [4.69, 9.17) is 10.3 Å². The zero-order valence-electron chi connectivity index (χ0n) is 9.72. The summed E-state index contributed by atoms with van der Waals surface area (Å²) in [6.45, 7) is 2.19. The maximum atomic E-state index is 8.57. The van der Waals surface area contributed by atoms with E-state index in [0.29, 0.717) is 11.7 Å². The zero-order chi connectivity index (χ0) is 12.1. The standard InChI is InChI=1S/C13H14N2S2/c1-2-11-13(16-9-5-8-14)15-10-6-3-4-7-12(10)17-11/h3-4,6-7,11H,2,5,9H2,1H3. The van der Waals surface area contributed by atoms with Crippen molar-refractivity contribution in [3.05, 3.63) is 24.3 Å². The van der Waals surface area contributed by atoms with Crippen molar-refractivity contribution in [1.29, 1.82) is 5.26 Å². The van der Waals surface area contributed by atoms with Crippen molar-refractivity contribution in [3.63, 3.8) is 0 Å². The summed E-state index contributed by atoms with van der Waals surface area (Å²) < 4.78 is 0. The highest BCUT2D eigenvalue weighted by molar-refractivity contribution is 8.16. The Morgan fingerprint density at radius 2 is 2.29 bits per heavy atom. The fourth-order valence-electron chi connectivity index (χ4n) is 1.63. The summed E-state index contributed by atoms with van der Waals surface area (Å²) in [5.41, 5.74) is 1.07. The van der Waals surface area contributed by atoms with Crippen molar-refractivity contribution in [2.75, 3.05) is 5.75 Å². The van der Waals surface area contributed by atoms with Gasteiger partial charge in [-0.15, -0.1) is 23.5 Å². The summed E-state index contributed by atoms with van der Waals surface area (Å²) >= 11 is 3.61. The van der Waals surface area contributed by atoms with E-state index >= 15 is 0 Å². The van der Waals surface area contributed by atoms with Gasteiger partial charge in [-0.1, -0.05) is 19.1 Å². The molecule has 0 bridgehead atoms. The van der Waals surface area contributed by atoms with E-state index in [9.17, 15) is 0 Å². The van der Waals surface area contributed by atoms with Gasteiger partial charge in [0.15, 0.2) is 0 Å². The lowest BCUT2D eigenvalue weighted by Gasteiger charge is -2.22. The molecule has 88 valence electrons. The number of nitriles is 1. The fourth-order valence-corrected chi connectivity index (χ4v) is 3.91. The molecule has 1 unspecified atom stereocenters. The van der Waals surface area contributed by atoms with Gasteiger partial charge >= 0.3 is 0 Å². The molecule has 1 atom stereocenters. The van der Waals surface area contributed by atoms with Gasteiger partial charge in [-0.3, -0.25) is 0 Å². The summed E-state index contributed by atoms with van der Waals surface area (Å²) in [5, 5.41) is 10.2. The van der Waals surface area contributed by atoms with E-state index in [-0.39, 0.29) is 0 Å². The predicted octanol–water partition coefficient (Wildman–Crippen LogP) is 4.25. The van der Waals surface area contributed by atoms with Gasteiger partial charge in [0.2, 0.25) is 0 Å². The average molecular weight is 262 g/mol. The van der Waals surface area contributed by atoms with E-state index in [1.807, 2.05) is 17.8 Å². The van der Waals surface area contributed by atoms with E-state index in [2.05, 4.69) is 31.2 Å². The molecule has 0 aromatic heterocycles. The Morgan fingerprint density at radius 3 is 3.06 bits per heavy atom. The number of rotatable bonds is 3. The van der Waals surface area contributed by atoms with Gasteiger partial charge in [0.05, 0.1) is 22.1 Å². The van der Waals surface area contributed by atoms with Crippen molar-refractivity contribution < 1.29 is 0 Å². The van der Waals surface area contributed by atoms with Crippen molar-refractivity contribution in [2.24, 2.45) is 4.99 Å². The molecule has 0 saturated heterocycles. The molecule has 2 nitrogen and oxygen atoms in total. The van der Waals surface area contributed by atoms with Crippen LogP contribution in [-0.4, -0.2) is 16.0 Å². The molecular weight excluding hydrogens is 248 g/mol. The van der Waals surface area contributed by atoms with E-state index in [1.54, 1.807) is 11.8 Å². The van der Waals surface area contributed by atoms with Crippen LogP contribution in [0.15, 0.2) is 34.2 Å². The first-order chi connectivity index (χ1) is 8.35. The molecule has 17 heavy (non-hydrogen) atoms. The number of nitrogens with zero attached hydrogens (tertiary/aromatic N) is 2. The number of hydrogen-bond donors (Lipinski definition) is 0. The Hall–Kier alpha value is -0.920. The molecule has 1 aromatic rings. The van der Waals surface area contributed by atoms with Gasteiger partial charge in [0.25, 0.3) is 0 Å². The van der Waals surface area contributed by atoms with Crippen LogP contribution in [0.1, 0.15) is 19.8 Å². The van der Waals surface area contributed by atoms with Gasteiger partial charge < -0.3 is 0 Å². The first-order valence-corrected chi connectivity index (χ1v) is 7.55. The fraction of sp³-hybridized carbons (Fsp3) is 0.385. The molecule has 0 amide bonds. The highest BCUT2D eigenvalue weighted by Gasteiger charge is 2.22. The van der Waals surface area contributed by atoms with Gasteiger partial charge in [0, 0.05) is 17.1 Å². The van der Waals surface area contributed by atoms with Crippen LogP contribution >= 0.6 is 23.5 Å². The third-order valence-electron chi connectivity index (χ3n) is 2.48. The molecular formula is C13H14N2S2. The lowest BCUT2D eigenvalue weighted by molar-refractivity contribution is 1.01. The number of benzene rings is 1. The molecule has 0 spiro atoms. The molecule has 4 heteroatoms. The topological polar surface area (TPSA) is 36.1 Å². The predicted molar refractivity (Wildman–Crippen MR) is 76.2 cm³/mol. The molecule has 0 fully saturated rings. The summed E-state index contributed by atoms with van der Waals surface area (Å²) in [7, 11) is 0. The number of hydrogen-bond acceptors (Lipinski definition) is 4. The summed E-state index contributed by atoms with van der Waals surface area (Å²) in [6.07, 6.45) is 1.67. The minimum atomic E-state index is 0.452. The van der Waals surface area contributed by atoms with Crippen molar-refractivity contribution in [1.82, 2.24) is 0 Å². The van der Waals surface area contributed by atoms with Crippen LogP contribution in [0.2, 0.25) is 0 Å². The van der Waals surface area contributed by atoms with Gasteiger partial charge in [-0.2, -0.15) is 5.26 Å². The monoisotopic (exact) mass is 262 g/mol. The molecule has 0 aliphatic carbocycles. The van der Waals surface area contributed by atoms with Crippen LogP contribution in [0.3, 0.4) is 0 Å². The van der Waals surface area contributed by atoms with Crippen LogP contribution in [0.5, 0.6) is 0 Å². The second-order valence-electron chi connectivity index (χ2n) is 3.69. The van der Waals surface area contributed by atoms with Gasteiger partial charge in [-0.25, -0.2) is 4.99 Å². The second kappa shape index (κ2) is 6.13. The van der Waals surface area contributed by atoms with Crippen LogP contribution in [-0.2, 0) is 0 Å². The van der Waals surface area contributed by atoms with E-state index in [0.717, 1.165) is 17.9 Å². The van der Waals surface area contributed by atoms with E-state index < -0.39 is 0 Å². The molecule has 0 radical (unpaired) electrons. The normalized spacial score (nSPS) is 18.1. The first-order valence-electron chi connectivity index (χ1n) is 5.69. The molecule has 0 saturated carbocycles. The molecule has 0 N–H and O–H groups in total. The number of thioether (sulfide) groups is 2. The SMILES string of the molecule is CCC1Sc2ccccc2N=C1SCCC#N. The molecule has 1 heterocycles. The lowest BCUT2D eigenvalue weighted by atomic mass is 10.3. The number of aliphatic imine (C=N–C) groups is 1. The van der Waals surface area contributed by atoms with Crippen LogP contribution < -0.4 is 0 Å². The summed E-state index contributed by atoms with van der Waals surface area (Å²) in [4.78, 5) is 5.99. The second-order valence-corrected chi connectivity index (χ2v) is 6.05. The molecule has 1 aliphatic heterocycles. The van der Waals surface area contributed by atoms with Crippen LogP contribution in [0.4, 0.5) is 5.69 Å². The third kappa shape index (κ3) is 3.05. The number of fused-ring (bicyclic) bond motifs is 1. The van der Waals surface area contributed by atoms with E-state index in [1.165, 1.54) is 9.94 Å².